The molecule has 1 rings (SSSR count). The zero-order valence-corrected chi connectivity index (χ0v) is 7.44. The first-order chi connectivity index (χ1) is 5.16. The van der Waals surface area contributed by atoms with E-state index in [2.05, 4.69) is 0 Å². The van der Waals surface area contributed by atoms with Gasteiger partial charge in [0.1, 0.15) is 5.75 Å². The lowest BCUT2D eigenvalue weighted by Crippen LogP contribution is -1.88. The molecule has 0 saturated heterocycles. The molecule has 2 heteroatoms. The van der Waals surface area contributed by atoms with E-state index in [4.69, 9.17) is 11.6 Å². The van der Waals surface area contributed by atoms with Gasteiger partial charge in [0, 0.05) is 5.88 Å². The zero-order valence-electron chi connectivity index (χ0n) is 6.69. The van der Waals surface area contributed by atoms with Crippen molar-refractivity contribution in [3.05, 3.63) is 28.8 Å². The third kappa shape index (κ3) is 1.48. The third-order valence-electron chi connectivity index (χ3n) is 2.01. The van der Waals surface area contributed by atoms with Gasteiger partial charge in [0.05, 0.1) is 0 Å². The van der Waals surface area contributed by atoms with E-state index in [1.54, 1.807) is 6.07 Å². The predicted molar refractivity (Wildman–Crippen MR) is 47.1 cm³/mol. The summed E-state index contributed by atoms with van der Waals surface area (Å²) in [5.41, 5.74) is 3.09. The van der Waals surface area contributed by atoms with Crippen LogP contribution in [-0.2, 0) is 5.88 Å². The van der Waals surface area contributed by atoms with E-state index in [9.17, 15) is 5.11 Å². The van der Waals surface area contributed by atoms with Crippen LogP contribution in [0.3, 0.4) is 0 Å². The first-order valence-corrected chi connectivity index (χ1v) is 4.04. The molecule has 0 fully saturated rings. The molecule has 0 saturated carbocycles. The van der Waals surface area contributed by atoms with Crippen LogP contribution in [0.25, 0.3) is 0 Å². The largest absolute Gasteiger partial charge is 0.508 e. The fourth-order valence-electron chi connectivity index (χ4n) is 1.01. The summed E-state index contributed by atoms with van der Waals surface area (Å²) >= 11 is 5.67. The maximum absolute atomic E-state index is 9.28. The highest BCUT2D eigenvalue weighted by Crippen LogP contribution is 2.23. The summed E-state index contributed by atoms with van der Waals surface area (Å²) in [5.74, 6) is 0.851. The minimum atomic E-state index is 0.344. The SMILES string of the molecule is Cc1c(O)ccc(CCl)c1C. The van der Waals surface area contributed by atoms with Crippen molar-refractivity contribution >= 4 is 11.6 Å². The van der Waals surface area contributed by atoms with Gasteiger partial charge in [-0.05, 0) is 36.6 Å². The maximum Gasteiger partial charge on any atom is 0.118 e. The van der Waals surface area contributed by atoms with E-state index in [1.165, 1.54) is 0 Å². The fraction of sp³-hybridized carbons (Fsp3) is 0.333. The highest BCUT2D eigenvalue weighted by molar-refractivity contribution is 6.17. The van der Waals surface area contributed by atoms with Gasteiger partial charge >= 0.3 is 0 Å². The van der Waals surface area contributed by atoms with E-state index in [0.717, 1.165) is 16.7 Å². The van der Waals surface area contributed by atoms with Crippen molar-refractivity contribution in [3.8, 4) is 5.75 Å². The fourth-order valence-corrected chi connectivity index (χ4v) is 1.30. The summed E-state index contributed by atoms with van der Waals surface area (Å²) in [7, 11) is 0. The van der Waals surface area contributed by atoms with Crippen LogP contribution in [0, 0.1) is 13.8 Å². The van der Waals surface area contributed by atoms with Crippen LogP contribution in [0.2, 0.25) is 0 Å². The van der Waals surface area contributed by atoms with Crippen LogP contribution in [-0.4, -0.2) is 5.11 Å². The molecule has 0 amide bonds. The predicted octanol–water partition coefficient (Wildman–Crippen LogP) is 2.75. The number of aromatic hydroxyl groups is 1. The number of phenols is 1. The number of rotatable bonds is 1. The second kappa shape index (κ2) is 3.14. The molecule has 0 radical (unpaired) electrons. The van der Waals surface area contributed by atoms with Crippen LogP contribution >= 0.6 is 11.6 Å². The van der Waals surface area contributed by atoms with Crippen molar-refractivity contribution in [1.29, 1.82) is 0 Å². The number of phenolic OH excluding ortho intramolecular Hbond substituents is 1. The van der Waals surface area contributed by atoms with Gasteiger partial charge in [0.15, 0.2) is 0 Å². The number of benzene rings is 1. The lowest BCUT2D eigenvalue weighted by Gasteiger charge is -2.06. The topological polar surface area (TPSA) is 20.2 Å². The van der Waals surface area contributed by atoms with E-state index >= 15 is 0 Å². The van der Waals surface area contributed by atoms with E-state index in [1.807, 2.05) is 19.9 Å². The smallest absolute Gasteiger partial charge is 0.118 e. The van der Waals surface area contributed by atoms with Gasteiger partial charge in [-0.15, -0.1) is 11.6 Å². The molecule has 0 unspecified atom stereocenters. The van der Waals surface area contributed by atoms with Crippen molar-refractivity contribution in [2.75, 3.05) is 0 Å². The Morgan fingerprint density at radius 2 is 1.91 bits per heavy atom. The van der Waals surface area contributed by atoms with Gasteiger partial charge in [-0.1, -0.05) is 6.07 Å². The number of hydrogen-bond acceptors (Lipinski definition) is 1. The Kier molecular flexibility index (Phi) is 2.40. The Morgan fingerprint density at radius 1 is 1.27 bits per heavy atom. The summed E-state index contributed by atoms with van der Waals surface area (Å²) in [5, 5.41) is 9.28. The van der Waals surface area contributed by atoms with Crippen molar-refractivity contribution in [2.45, 2.75) is 19.7 Å². The highest BCUT2D eigenvalue weighted by Gasteiger charge is 2.02. The zero-order chi connectivity index (χ0) is 8.43. The van der Waals surface area contributed by atoms with Gasteiger partial charge in [0.25, 0.3) is 0 Å². The van der Waals surface area contributed by atoms with Crippen molar-refractivity contribution in [3.63, 3.8) is 0 Å². The molecule has 1 nitrogen and oxygen atoms in total. The van der Waals surface area contributed by atoms with Gasteiger partial charge in [-0.3, -0.25) is 0 Å². The molecule has 0 heterocycles. The molecular weight excluding hydrogens is 160 g/mol. The van der Waals surface area contributed by atoms with Gasteiger partial charge < -0.3 is 5.11 Å². The number of halogens is 1. The molecule has 11 heavy (non-hydrogen) atoms. The summed E-state index contributed by atoms with van der Waals surface area (Å²) in [4.78, 5) is 0. The molecular formula is C9H11ClO. The van der Waals surface area contributed by atoms with E-state index < -0.39 is 0 Å². The normalized spacial score (nSPS) is 10.1. The quantitative estimate of drug-likeness (QED) is 0.643. The Hall–Kier alpha value is -0.690. The van der Waals surface area contributed by atoms with Crippen LogP contribution in [0.5, 0.6) is 5.75 Å². The molecule has 0 aliphatic rings. The number of hydrogen-bond donors (Lipinski definition) is 1. The maximum atomic E-state index is 9.28. The molecule has 0 aliphatic heterocycles. The highest BCUT2D eigenvalue weighted by atomic mass is 35.5. The van der Waals surface area contributed by atoms with E-state index in [0.29, 0.717) is 11.6 Å². The van der Waals surface area contributed by atoms with Gasteiger partial charge in [0.2, 0.25) is 0 Å². The third-order valence-corrected chi connectivity index (χ3v) is 2.30. The molecule has 0 atom stereocenters. The summed E-state index contributed by atoms with van der Waals surface area (Å²) < 4.78 is 0. The Morgan fingerprint density at radius 3 is 2.45 bits per heavy atom. The minimum absolute atomic E-state index is 0.344. The summed E-state index contributed by atoms with van der Waals surface area (Å²) in [6.45, 7) is 3.85. The first kappa shape index (κ1) is 8.41. The van der Waals surface area contributed by atoms with Crippen LogP contribution < -0.4 is 0 Å². The standard InChI is InChI=1S/C9H11ClO/c1-6-7(2)9(11)4-3-8(6)5-10/h3-4,11H,5H2,1-2H3. The second-order valence-corrected chi connectivity index (χ2v) is 2.89. The molecule has 0 aliphatic carbocycles. The Labute approximate surface area is 71.6 Å². The van der Waals surface area contributed by atoms with Crippen molar-refractivity contribution < 1.29 is 5.11 Å². The minimum Gasteiger partial charge on any atom is -0.508 e. The molecule has 1 N–H and O–H groups in total. The first-order valence-electron chi connectivity index (χ1n) is 3.51. The summed E-state index contributed by atoms with van der Waals surface area (Å²) in [6.07, 6.45) is 0. The van der Waals surface area contributed by atoms with Crippen molar-refractivity contribution in [1.82, 2.24) is 0 Å². The summed E-state index contributed by atoms with van der Waals surface area (Å²) in [6, 6.07) is 3.53. The molecule has 0 spiro atoms. The molecule has 0 aromatic heterocycles. The Balaban J connectivity index is 3.25. The molecule has 1 aromatic carbocycles. The average Bonchev–Trinajstić information content (AvgIpc) is 2.01. The molecule has 1 aromatic rings. The van der Waals surface area contributed by atoms with Gasteiger partial charge in [-0.2, -0.15) is 0 Å². The van der Waals surface area contributed by atoms with Crippen molar-refractivity contribution in [2.24, 2.45) is 0 Å². The van der Waals surface area contributed by atoms with Crippen LogP contribution in [0.4, 0.5) is 0 Å². The van der Waals surface area contributed by atoms with E-state index in [-0.39, 0.29) is 0 Å². The molecule has 60 valence electrons. The lowest BCUT2D eigenvalue weighted by atomic mass is 10.0. The Bertz CT molecular complexity index is 269. The monoisotopic (exact) mass is 170 g/mol. The average molecular weight is 171 g/mol. The van der Waals surface area contributed by atoms with Gasteiger partial charge in [-0.25, -0.2) is 0 Å². The van der Waals surface area contributed by atoms with Crippen LogP contribution in [0.15, 0.2) is 12.1 Å². The van der Waals surface area contributed by atoms with Crippen LogP contribution in [0.1, 0.15) is 16.7 Å². The second-order valence-electron chi connectivity index (χ2n) is 2.63. The molecule has 0 bridgehead atoms. The lowest BCUT2D eigenvalue weighted by molar-refractivity contribution is 0.470. The number of alkyl halides is 1.